The Morgan fingerprint density at radius 3 is 2.67 bits per heavy atom. The summed E-state index contributed by atoms with van der Waals surface area (Å²) in [5, 5.41) is 9.42. The van der Waals surface area contributed by atoms with Crippen LogP contribution in [-0.2, 0) is 4.79 Å². The van der Waals surface area contributed by atoms with Crippen LogP contribution in [0, 0.1) is 5.92 Å². The molecule has 3 atom stereocenters. The first-order valence-electron chi connectivity index (χ1n) is 8.01. The Morgan fingerprint density at radius 1 is 1.19 bits per heavy atom. The van der Waals surface area contributed by atoms with Crippen LogP contribution in [0.2, 0.25) is 0 Å². The number of aliphatic hydroxyl groups is 1. The number of aliphatic hydroxyl groups excluding tert-OH is 1. The Bertz CT molecular complexity index is 527. The molecule has 0 radical (unpaired) electrons. The van der Waals surface area contributed by atoms with E-state index >= 15 is 0 Å². The average Bonchev–Trinajstić information content (AvgIpc) is 3.06. The Balaban J connectivity index is 1.55. The molecule has 1 N–H and O–H groups in total. The number of rotatable bonds is 2. The minimum atomic E-state index is -0.306. The highest BCUT2D eigenvalue weighted by Crippen LogP contribution is 2.45. The molecule has 21 heavy (non-hydrogen) atoms. The highest BCUT2D eigenvalue weighted by atomic mass is 16.3. The number of benzene rings is 1. The first-order chi connectivity index (χ1) is 10.2. The van der Waals surface area contributed by atoms with E-state index in [0.29, 0.717) is 25.2 Å². The van der Waals surface area contributed by atoms with E-state index in [1.807, 2.05) is 11.0 Å². The van der Waals surface area contributed by atoms with Gasteiger partial charge < -0.3 is 10.0 Å². The van der Waals surface area contributed by atoms with Gasteiger partial charge >= 0.3 is 0 Å². The maximum atomic E-state index is 12.7. The highest BCUT2D eigenvalue weighted by molar-refractivity contribution is 5.81. The van der Waals surface area contributed by atoms with E-state index in [0.717, 1.165) is 19.4 Å². The molecule has 3 saturated heterocycles. The number of nitrogens with zero attached hydrogens (tertiary/aromatic N) is 2. The molecule has 0 saturated carbocycles. The standard InChI is InChI=1S/C17H22N2O2/c20-13-10-18(11-13)17(21)14-9-16(12-5-2-1-3-6-12)19-8-4-7-15(14)19/h1-3,5-6,13-16,20H,4,7-11H2/t14-,15+,16-/m0/s1. The van der Waals surface area contributed by atoms with Crippen LogP contribution in [0.4, 0.5) is 0 Å². The van der Waals surface area contributed by atoms with Crippen molar-refractivity contribution in [1.29, 1.82) is 0 Å². The van der Waals surface area contributed by atoms with E-state index < -0.39 is 0 Å². The Kier molecular flexibility index (Phi) is 3.23. The Hall–Kier alpha value is -1.39. The van der Waals surface area contributed by atoms with Crippen molar-refractivity contribution in [3.05, 3.63) is 35.9 Å². The second-order valence-corrected chi connectivity index (χ2v) is 6.61. The maximum absolute atomic E-state index is 12.7. The maximum Gasteiger partial charge on any atom is 0.227 e. The van der Waals surface area contributed by atoms with Gasteiger partial charge in [0.1, 0.15) is 0 Å². The van der Waals surface area contributed by atoms with Gasteiger partial charge in [-0.1, -0.05) is 30.3 Å². The monoisotopic (exact) mass is 286 g/mol. The molecule has 0 spiro atoms. The third-order valence-electron chi connectivity index (χ3n) is 5.36. The number of likely N-dealkylation sites (tertiary alicyclic amines) is 1. The summed E-state index contributed by atoms with van der Waals surface area (Å²) in [6.07, 6.45) is 2.95. The van der Waals surface area contributed by atoms with Crippen molar-refractivity contribution in [1.82, 2.24) is 9.80 Å². The predicted molar refractivity (Wildman–Crippen MR) is 79.6 cm³/mol. The van der Waals surface area contributed by atoms with Crippen LogP contribution in [0.5, 0.6) is 0 Å². The quantitative estimate of drug-likeness (QED) is 0.894. The minimum Gasteiger partial charge on any atom is -0.389 e. The fourth-order valence-electron chi connectivity index (χ4n) is 4.30. The summed E-state index contributed by atoms with van der Waals surface area (Å²) >= 11 is 0. The third kappa shape index (κ3) is 2.17. The first-order valence-corrected chi connectivity index (χ1v) is 8.01. The van der Waals surface area contributed by atoms with Crippen LogP contribution in [0.25, 0.3) is 0 Å². The third-order valence-corrected chi connectivity index (χ3v) is 5.36. The summed E-state index contributed by atoms with van der Waals surface area (Å²) in [4.78, 5) is 17.0. The van der Waals surface area contributed by atoms with Crippen molar-refractivity contribution < 1.29 is 9.90 Å². The zero-order valence-electron chi connectivity index (χ0n) is 12.2. The molecular weight excluding hydrogens is 264 g/mol. The molecule has 0 aliphatic carbocycles. The van der Waals surface area contributed by atoms with Gasteiger partial charge in [-0.25, -0.2) is 0 Å². The van der Waals surface area contributed by atoms with E-state index in [-0.39, 0.29) is 17.9 Å². The van der Waals surface area contributed by atoms with Gasteiger partial charge in [0.05, 0.1) is 12.0 Å². The molecule has 1 aromatic carbocycles. The second-order valence-electron chi connectivity index (χ2n) is 6.61. The number of β-amino-alcohol motifs (C(OH)–C–C–N with tert-alkyl or cyclic N) is 1. The van der Waals surface area contributed by atoms with E-state index in [9.17, 15) is 9.90 Å². The smallest absolute Gasteiger partial charge is 0.227 e. The summed E-state index contributed by atoms with van der Waals surface area (Å²) < 4.78 is 0. The number of amides is 1. The summed E-state index contributed by atoms with van der Waals surface area (Å²) in [5.41, 5.74) is 1.34. The van der Waals surface area contributed by atoms with Gasteiger partial charge in [0.2, 0.25) is 5.91 Å². The topological polar surface area (TPSA) is 43.8 Å². The minimum absolute atomic E-state index is 0.116. The van der Waals surface area contributed by atoms with E-state index in [1.54, 1.807) is 0 Å². The normalized spacial score (nSPS) is 33.0. The van der Waals surface area contributed by atoms with Crippen molar-refractivity contribution in [3.8, 4) is 0 Å². The van der Waals surface area contributed by atoms with Crippen LogP contribution in [0.3, 0.4) is 0 Å². The van der Waals surface area contributed by atoms with Crippen molar-refractivity contribution in [2.45, 2.75) is 37.5 Å². The number of carbonyl (C=O) groups is 1. The summed E-state index contributed by atoms with van der Waals surface area (Å²) in [5.74, 6) is 0.376. The zero-order valence-corrected chi connectivity index (χ0v) is 12.2. The van der Waals surface area contributed by atoms with Gasteiger partial charge in [0.15, 0.2) is 0 Å². The molecule has 3 heterocycles. The van der Waals surface area contributed by atoms with Gasteiger partial charge in [-0.05, 0) is 31.4 Å². The molecule has 1 amide bonds. The molecule has 4 nitrogen and oxygen atoms in total. The molecule has 0 aromatic heterocycles. The van der Waals surface area contributed by atoms with Gasteiger partial charge in [0, 0.05) is 25.2 Å². The Morgan fingerprint density at radius 2 is 1.95 bits per heavy atom. The van der Waals surface area contributed by atoms with E-state index in [1.165, 1.54) is 12.0 Å². The molecule has 3 fully saturated rings. The van der Waals surface area contributed by atoms with Gasteiger partial charge in [-0.2, -0.15) is 0 Å². The molecule has 0 bridgehead atoms. The number of fused-ring (bicyclic) bond motifs is 1. The van der Waals surface area contributed by atoms with Crippen molar-refractivity contribution in [2.75, 3.05) is 19.6 Å². The summed E-state index contributed by atoms with van der Waals surface area (Å²) in [6.45, 7) is 2.16. The van der Waals surface area contributed by atoms with Gasteiger partial charge in [0.25, 0.3) is 0 Å². The van der Waals surface area contributed by atoms with Gasteiger partial charge in [-0.15, -0.1) is 0 Å². The average molecular weight is 286 g/mol. The molecule has 1 aromatic rings. The molecule has 4 rings (SSSR count). The van der Waals surface area contributed by atoms with Crippen LogP contribution in [0.1, 0.15) is 30.9 Å². The number of hydrogen-bond acceptors (Lipinski definition) is 3. The Labute approximate surface area is 125 Å². The molecule has 4 heteroatoms. The molecule has 3 aliphatic rings. The molecule has 0 unspecified atom stereocenters. The second kappa shape index (κ2) is 5.11. The predicted octanol–water partition coefficient (Wildman–Crippen LogP) is 1.42. The van der Waals surface area contributed by atoms with Gasteiger partial charge in [-0.3, -0.25) is 9.69 Å². The van der Waals surface area contributed by atoms with Crippen molar-refractivity contribution >= 4 is 5.91 Å². The first kappa shape index (κ1) is 13.3. The fourth-order valence-corrected chi connectivity index (χ4v) is 4.30. The lowest BCUT2D eigenvalue weighted by molar-refractivity contribution is -0.146. The van der Waals surface area contributed by atoms with Crippen molar-refractivity contribution in [3.63, 3.8) is 0 Å². The van der Waals surface area contributed by atoms with E-state index in [4.69, 9.17) is 0 Å². The SMILES string of the molecule is O=C([C@H]1C[C@@H](c2ccccc2)N2CCC[C@H]12)N1CC(O)C1. The van der Waals surface area contributed by atoms with Crippen LogP contribution >= 0.6 is 0 Å². The van der Waals surface area contributed by atoms with Crippen LogP contribution < -0.4 is 0 Å². The lowest BCUT2D eigenvalue weighted by Crippen LogP contribution is -2.56. The lowest BCUT2D eigenvalue weighted by atomic mass is 9.92. The highest BCUT2D eigenvalue weighted by Gasteiger charge is 2.49. The molecular formula is C17H22N2O2. The van der Waals surface area contributed by atoms with Crippen molar-refractivity contribution in [2.24, 2.45) is 5.92 Å². The molecule has 3 aliphatic heterocycles. The summed E-state index contributed by atoms with van der Waals surface area (Å²) in [7, 11) is 0. The largest absolute Gasteiger partial charge is 0.389 e. The number of carbonyl (C=O) groups excluding carboxylic acids is 1. The molecule has 112 valence electrons. The lowest BCUT2D eigenvalue weighted by Gasteiger charge is -2.38. The van der Waals surface area contributed by atoms with E-state index in [2.05, 4.69) is 29.2 Å². The number of hydrogen-bond donors (Lipinski definition) is 1. The zero-order chi connectivity index (χ0) is 14.4. The van der Waals surface area contributed by atoms with Crippen LogP contribution in [0.15, 0.2) is 30.3 Å². The fraction of sp³-hybridized carbons (Fsp3) is 0.588. The van der Waals surface area contributed by atoms with Crippen LogP contribution in [-0.4, -0.2) is 52.6 Å². The summed E-state index contributed by atoms with van der Waals surface area (Å²) in [6, 6.07) is 11.4.